The van der Waals surface area contributed by atoms with Gasteiger partial charge in [-0.3, -0.25) is 4.79 Å². The lowest BCUT2D eigenvalue weighted by molar-refractivity contribution is -0.151. The minimum absolute atomic E-state index is 0.657. The van der Waals surface area contributed by atoms with Crippen molar-refractivity contribution in [2.45, 2.75) is 5.38 Å². The molecule has 0 aromatic carbocycles. The van der Waals surface area contributed by atoms with Crippen LogP contribution in [0.3, 0.4) is 0 Å². The average Bonchev–Trinajstić information content (AvgIpc) is 1.85. The molecule has 3 nitrogen and oxygen atoms in total. The number of ether oxygens (including phenoxy) is 1. The van der Waals surface area contributed by atoms with E-state index in [2.05, 4.69) is 4.74 Å². The molecule has 43 valence electrons. The van der Waals surface area contributed by atoms with Crippen molar-refractivity contribution in [2.24, 2.45) is 0 Å². The highest BCUT2D eigenvalue weighted by Gasteiger charge is 2.31. The maximum atomic E-state index is 10.2. The van der Waals surface area contributed by atoms with Crippen LogP contribution in [-0.2, 0) is 14.3 Å². The van der Waals surface area contributed by atoms with Gasteiger partial charge in [0.15, 0.2) is 0 Å². The van der Waals surface area contributed by atoms with Crippen LogP contribution in [0.25, 0.3) is 0 Å². The van der Waals surface area contributed by atoms with Crippen molar-refractivity contribution in [3.05, 3.63) is 6.42 Å². The van der Waals surface area contributed by atoms with Crippen LogP contribution in [0.15, 0.2) is 0 Å². The number of hydrogen-bond donors (Lipinski definition) is 0. The number of esters is 2. The van der Waals surface area contributed by atoms with Crippen molar-refractivity contribution in [2.75, 3.05) is 0 Å². The first-order chi connectivity index (χ1) is 3.70. The van der Waals surface area contributed by atoms with E-state index < -0.39 is 17.3 Å². The molecule has 1 rings (SSSR count). The van der Waals surface area contributed by atoms with E-state index in [-0.39, 0.29) is 0 Å². The third kappa shape index (κ3) is 0.816. The van der Waals surface area contributed by atoms with Gasteiger partial charge in [-0.25, -0.2) is 4.79 Å². The molecule has 0 aromatic heterocycles. The normalized spacial score (nSPS) is 28.4. The number of cyclic esters (lactones) is 2. The van der Waals surface area contributed by atoms with Gasteiger partial charge in [0.1, 0.15) is 5.38 Å². The molecular weight excluding hydrogens is 131 g/mol. The van der Waals surface area contributed by atoms with Gasteiger partial charge in [0.2, 0.25) is 0 Å². The van der Waals surface area contributed by atoms with Crippen molar-refractivity contribution in [3.63, 3.8) is 0 Å². The van der Waals surface area contributed by atoms with Crippen molar-refractivity contribution >= 4 is 23.5 Å². The molecule has 1 heterocycles. The lowest BCUT2D eigenvalue weighted by atomic mass is 10.4. The summed E-state index contributed by atoms with van der Waals surface area (Å²) in [5.41, 5.74) is 0. The third-order valence-electron chi connectivity index (χ3n) is 0.709. The molecule has 0 aliphatic carbocycles. The van der Waals surface area contributed by atoms with Crippen molar-refractivity contribution < 1.29 is 14.3 Å². The van der Waals surface area contributed by atoms with Crippen LogP contribution in [0.4, 0.5) is 0 Å². The second-order valence-electron chi connectivity index (χ2n) is 1.31. The fourth-order valence-corrected chi connectivity index (χ4v) is 0.524. The number of halogens is 1. The molecule has 4 heteroatoms. The minimum atomic E-state index is -0.873. The third-order valence-corrected chi connectivity index (χ3v) is 1.01. The molecule has 0 amide bonds. The van der Waals surface area contributed by atoms with Gasteiger partial charge in [-0.05, 0) is 0 Å². The van der Waals surface area contributed by atoms with Crippen LogP contribution in [0.2, 0.25) is 0 Å². The molecule has 8 heavy (non-hydrogen) atoms. The van der Waals surface area contributed by atoms with Gasteiger partial charge in [0.25, 0.3) is 0 Å². The van der Waals surface area contributed by atoms with Crippen LogP contribution in [0, 0.1) is 6.42 Å². The molecule has 1 radical (unpaired) electrons. The molecule has 0 spiro atoms. The molecule has 0 saturated carbocycles. The summed E-state index contributed by atoms with van der Waals surface area (Å²) < 4.78 is 4.01. The molecule has 1 aliphatic heterocycles. The van der Waals surface area contributed by atoms with E-state index in [4.69, 9.17) is 11.6 Å². The highest BCUT2D eigenvalue weighted by Crippen LogP contribution is 2.11. The van der Waals surface area contributed by atoms with E-state index in [9.17, 15) is 9.59 Å². The molecule has 1 aliphatic rings. The Morgan fingerprint density at radius 1 is 1.62 bits per heavy atom. The van der Waals surface area contributed by atoms with Crippen LogP contribution >= 0.6 is 11.6 Å². The van der Waals surface area contributed by atoms with E-state index in [0.29, 0.717) is 0 Å². The predicted octanol–water partition coefficient (Wildman–Crippen LogP) is -0.119. The fourth-order valence-electron chi connectivity index (χ4n) is 0.377. The Hall–Kier alpha value is -0.570. The monoisotopic (exact) mass is 133 g/mol. The summed E-state index contributed by atoms with van der Waals surface area (Å²) in [6.45, 7) is 0. The summed E-state index contributed by atoms with van der Waals surface area (Å²) in [7, 11) is 0. The Morgan fingerprint density at radius 3 is 2.38 bits per heavy atom. The van der Waals surface area contributed by atoms with Gasteiger partial charge in [-0.1, -0.05) is 0 Å². The smallest absolute Gasteiger partial charge is 0.332 e. The maximum absolute atomic E-state index is 10.2. The number of hydrogen-bond acceptors (Lipinski definition) is 3. The van der Waals surface area contributed by atoms with Crippen molar-refractivity contribution in [1.82, 2.24) is 0 Å². The van der Waals surface area contributed by atoms with E-state index in [1.165, 1.54) is 0 Å². The summed E-state index contributed by atoms with van der Waals surface area (Å²) in [4.78, 5) is 20.3. The Balaban J connectivity index is 2.64. The van der Waals surface area contributed by atoms with Gasteiger partial charge in [-0.2, -0.15) is 0 Å². The zero-order valence-corrected chi connectivity index (χ0v) is 4.51. The van der Waals surface area contributed by atoms with Crippen LogP contribution < -0.4 is 0 Å². The maximum Gasteiger partial charge on any atom is 0.332 e. The summed E-state index contributed by atoms with van der Waals surface area (Å²) in [6, 6.07) is 0. The Labute approximate surface area is 50.6 Å². The highest BCUT2D eigenvalue weighted by atomic mass is 35.5. The molecule has 1 saturated heterocycles. The second-order valence-corrected chi connectivity index (χ2v) is 1.78. The zero-order chi connectivity index (χ0) is 6.15. The molecule has 1 unspecified atom stereocenters. The molecule has 0 aromatic rings. The number of carbonyl (C=O) groups excluding carboxylic acids is 2. The lowest BCUT2D eigenvalue weighted by Crippen LogP contribution is -2.05. The predicted molar refractivity (Wildman–Crippen MR) is 25.0 cm³/mol. The number of rotatable bonds is 0. The summed E-state index contributed by atoms with van der Waals surface area (Å²) in [5.74, 6) is -1.34. The Morgan fingerprint density at radius 2 is 2.25 bits per heavy atom. The molecule has 0 bridgehead atoms. The quantitative estimate of drug-likeness (QED) is 0.263. The first kappa shape index (κ1) is 5.56. The number of alkyl halides is 1. The van der Waals surface area contributed by atoms with E-state index in [0.717, 1.165) is 6.42 Å². The van der Waals surface area contributed by atoms with E-state index in [1.54, 1.807) is 0 Å². The van der Waals surface area contributed by atoms with Gasteiger partial charge in [0, 0.05) is 0 Å². The molecule has 0 N–H and O–H groups in total. The SMILES string of the molecule is O=C1[CH]C(Cl)C(=O)O1. The second kappa shape index (κ2) is 1.74. The standard InChI is InChI=1S/C4H2ClO3/c5-2-1-3(6)8-4(2)7/h1-2H. The van der Waals surface area contributed by atoms with Gasteiger partial charge >= 0.3 is 11.9 Å². The molecular formula is C4H2ClO3. The minimum Gasteiger partial charge on any atom is -0.392 e. The van der Waals surface area contributed by atoms with E-state index in [1.807, 2.05) is 0 Å². The summed E-state index contributed by atoms with van der Waals surface area (Å²) in [5, 5.41) is -0.873. The first-order valence-electron chi connectivity index (χ1n) is 1.95. The van der Waals surface area contributed by atoms with Crippen molar-refractivity contribution in [1.29, 1.82) is 0 Å². The van der Waals surface area contributed by atoms with E-state index >= 15 is 0 Å². The lowest BCUT2D eigenvalue weighted by Gasteiger charge is -1.84. The van der Waals surface area contributed by atoms with Crippen LogP contribution in [-0.4, -0.2) is 17.3 Å². The zero-order valence-electron chi connectivity index (χ0n) is 3.76. The number of carbonyl (C=O) groups is 2. The Bertz CT molecular complexity index is 142. The van der Waals surface area contributed by atoms with Crippen LogP contribution in [0.1, 0.15) is 0 Å². The first-order valence-corrected chi connectivity index (χ1v) is 2.38. The average molecular weight is 134 g/mol. The molecule has 1 fully saturated rings. The Kier molecular flexibility index (Phi) is 1.21. The summed E-state index contributed by atoms with van der Waals surface area (Å²) in [6.07, 6.45) is 1.02. The topological polar surface area (TPSA) is 43.4 Å². The fraction of sp³-hybridized carbons (Fsp3) is 0.250. The van der Waals surface area contributed by atoms with Crippen molar-refractivity contribution in [3.8, 4) is 0 Å². The largest absolute Gasteiger partial charge is 0.392 e. The van der Waals surface area contributed by atoms with Gasteiger partial charge < -0.3 is 4.74 Å². The van der Waals surface area contributed by atoms with Gasteiger partial charge in [0.05, 0.1) is 6.42 Å². The van der Waals surface area contributed by atoms with Crippen LogP contribution in [0.5, 0.6) is 0 Å². The molecule has 1 atom stereocenters. The summed E-state index contributed by atoms with van der Waals surface area (Å²) >= 11 is 5.21. The highest BCUT2D eigenvalue weighted by molar-refractivity contribution is 6.35. The van der Waals surface area contributed by atoms with Gasteiger partial charge in [-0.15, -0.1) is 11.6 Å².